The minimum absolute atomic E-state index is 0.0698. The number of piperidine rings is 1. The van der Waals surface area contributed by atoms with Gasteiger partial charge in [0.25, 0.3) is 0 Å². The third-order valence-corrected chi connectivity index (χ3v) is 10.5. The number of aromatic amines is 1. The molecule has 1 saturated heterocycles. The standard InChI is InChI=1S/C24H26BrN3O3.C16H13N3O3/c1-27-13-17-8-21-24(30-3,19-5-4-6-20(27)22(17)19)9-15(12-28(21)2)14-31-23(29)16-7-18(25)11-26-10-16;1-22-16(21)19-15-17-12-8-7-11(9-13(12)18-15)14(20)10-5-3-2-4-6-10/h4-7,10-11,13,15,21H,8-9,12,14H2,1-3H3;2-9H,1H3,(H2,17,18,19,21). The number of carbonyl (C=O) groups excluding carboxylic acids is 3. The molecule has 1 amide bonds. The fourth-order valence-electron chi connectivity index (χ4n) is 7.74. The monoisotopic (exact) mass is 778 g/mol. The number of hydrogen-bond donors (Lipinski definition) is 2. The molecule has 0 spiro atoms. The molecule has 0 saturated carbocycles. The van der Waals surface area contributed by atoms with Crippen LogP contribution >= 0.6 is 15.9 Å². The number of aryl methyl sites for hydroxylation is 1. The summed E-state index contributed by atoms with van der Waals surface area (Å²) in [5.41, 5.74) is 6.37. The number of carbonyl (C=O) groups is 3. The number of hydrogen-bond acceptors (Lipinski definition) is 9. The lowest BCUT2D eigenvalue weighted by Crippen LogP contribution is -2.59. The van der Waals surface area contributed by atoms with Crippen molar-refractivity contribution in [2.45, 2.75) is 24.5 Å². The smallest absolute Gasteiger partial charge is 0.413 e. The van der Waals surface area contributed by atoms with E-state index in [0.29, 0.717) is 34.3 Å². The first-order valence-corrected chi connectivity index (χ1v) is 17.9. The Morgan fingerprint density at radius 1 is 0.981 bits per heavy atom. The molecule has 272 valence electrons. The van der Waals surface area contributed by atoms with Crippen LogP contribution in [0.4, 0.5) is 10.7 Å². The largest absolute Gasteiger partial charge is 0.462 e. The van der Waals surface area contributed by atoms with Crippen molar-refractivity contribution in [3.8, 4) is 0 Å². The molecule has 53 heavy (non-hydrogen) atoms. The number of benzene rings is 3. The van der Waals surface area contributed by atoms with Crippen LogP contribution in [0.15, 0.2) is 95.9 Å². The molecule has 3 atom stereocenters. The van der Waals surface area contributed by atoms with Gasteiger partial charge in [0.2, 0.25) is 5.95 Å². The number of halogens is 1. The molecule has 0 bridgehead atoms. The molecule has 8 rings (SSSR count). The molecular formula is C40H39BrN6O6. The number of fused-ring (bicyclic) bond motifs is 3. The number of H-pyrrole nitrogens is 1. The Kier molecular flexibility index (Phi) is 10.1. The van der Waals surface area contributed by atoms with Crippen LogP contribution < -0.4 is 5.32 Å². The van der Waals surface area contributed by atoms with Crippen LogP contribution in [-0.4, -0.2) is 82.7 Å². The van der Waals surface area contributed by atoms with Crippen molar-refractivity contribution in [3.05, 3.63) is 124 Å². The Hall–Kier alpha value is -5.37. The number of aromatic nitrogens is 4. The quantitative estimate of drug-likeness (QED) is 0.131. The van der Waals surface area contributed by atoms with Crippen LogP contribution in [0.25, 0.3) is 21.9 Å². The Labute approximate surface area is 314 Å². The lowest BCUT2D eigenvalue weighted by molar-refractivity contribution is -0.131. The van der Waals surface area contributed by atoms with Gasteiger partial charge in [0.1, 0.15) is 5.60 Å². The third kappa shape index (κ3) is 7.07. The van der Waals surface area contributed by atoms with Gasteiger partial charge in [-0.3, -0.25) is 20.0 Å². The van der Waals surface area contributed by atoms with Crippen molar-refractivity contribution in [1.82, 2.24) is 24.4 Å². The van der Waals surface area contributed by atoms with E-state index in [4.69, 9.17) is 9.47 Å². The summed E-state index contributed by atoms with van der Waals surface area (Å²) in [6, 6.07) is 22.7. The van der Waals surface area contributed by atoms with Gasteiger partial charge in [0.15, 0.2) is 5.78 Å². The van der Waals surface area contributed by atoms with E-state index in [9.17, 15) is 14.4 Å². The predicted octanol–water partition coefficient (Wildman–Crippen LogP) is 6.88. The molecule has 12 nitrogen and oxygen atoms in total. The van der Waals surface area contributed by atoms with Crippen molar-refractivity contribution in [2.75, 3.05) is 39.7 Å². The summed E-state index contributed by atoms with van der Waals surface area (Å²) in [6.45, 7) is 1.21. The van der Waals surface area contributed by atoms with Gasteiger partial charge in [-0.1, -0.05) is 42.5 Å². The maximum absolute atomic E-state index is 12.5. The van der Waals surface area contributed by atoms with Crippen molar-refractivity contribution in [3.63, 3.8) is 0 Å². The zero-order valence-electron chi connectivity index (χ0n) is 29.8. The van der Waals surface area contributed by atoms with Gasteiger partial charge in [-0.15, -0.1) is 0 Å². The molecule has 4 heterocycles. The zero-order chi connectivity index (χ0) is 37.3. The summed E-state index contributed by atoms with van der Waals surface area (Å²) >= 11 is 3.35. The van der Waals surface area contributed by atoms with Crippen LogP contribution in [0.5, 0.6) is 0 Å². The highest BCUT2D eigenvalue weighted by Gasteiger charge is 2.52. The second kappa shape index (κ2) is 14.9. The third-order valence-electron chi connectivity index (χ3n) is 10.1. The minimum atomic E-state index is -0.611. The van der Waals surface area contributed by atoms with E-state index >= 15 is 0 Å². The van der Waals surface area contributed by atoms with Gasteiger partial charge in [-0.2, -0.15) is 0 Å². The molecule has 3 aromatic heterocycles. The van der Waals surface area contributed by atoms with Gasteiger partial charge in [0, 0.05) is 77.8 Å². The number of esters is 1. The van der Waals surface area contributed by atoms with E-state index < -0.39 is 11.7 Å². The lowest BCUT2D eigenvalue weighted by atomic mass is 9.69. The number of ketones is 1. The summed E-state index contributed by atoms with van der Waals surface area (Å²) in [5, 5.41) is 3.76. The number of likely N-dealkylation sites (N-methyl/N-ethyl adjacent to an activating group) is 1. The molecule has 3 aromatic carbocycles. The Balaban J connectivity index is 0.000000174. The average molecular weight is 780 g/mol. The molecule has 0 radical (unpaired) electrons. The number of nitrogens with one attached hydrogen (secondary N) is 2. The second-order valence-electron chi connectivity index (χ2n) is 13.4. The summed E-state index contributed by atoms with van der Waals surface area (Å²) in [6.07, 6.45) is 6.59. The van der Waals surface area contributed by atoms with Crippen LogP contribution in [-0.2, 0) is 33.3 Å². The maximum Gasteiger partial charge on any atom is 0.413 e. The first-order chi connectivity index (χ1) is 25.6. The zero-order valence-corrected chi connectivity index (χ0v) is 31.3. The average Bonchev–Trinajstić information content (AvgIpc) is 3.73. The van der Waals surface area contributed by atoms with E-state index in [1.807, 2.05) is 25.3 Å². The van der Waals surface area contributed by atoms with Crippen LogP contribution in [0.3, 0.4) is 0 Å². The fourth-order valence-corrected chi connectivity index (χ4v) is 8.11. The highest BCUT2D eigenvalue weighted by Crippen LogP contribution is 2.49. The Bertz CT molecular complexity index is 2320. The SMILES string of the molecule is COC(=O)Nc1nc2ccc(C(=O)c3ccccc3)cc2[nH]1.COC12CC(COC(=O)c3cncc(Br)c3)CN(C)C1Cc1cn(C)c3cccc2c13. The summed E-state index contributed by atoms with van der Waals surface area (Å²) < 4.78 is 19.5. The van der Waals surface area contributed by atoms with E-state index in [2.05, 4.69) is 88.9 Å². The number of nitrogens with zero attached hydrogens (tertiary/aromatic N) is 4. The molecule has 1 aliphatic heterocycles. The van der Waals surface area contributed by atoms with Crippen LogP contribution in [0.2, 0.25) is 0 Å². The van der Waals surface area contributed by atoms with E-state index in [1.165, 1.54) is 35.3 Å². The molecule has 1 aliphatic carbocycles. The lowest BCUT2D eigenvalue weighted by Gasteiger charge is -2.53. The normalized spacial score (nSPS) is 19.2. The summed E-state index contributed by atoms with van der Waals surface area (Å²) in [5.74, 6) is 0.0256. The first kappa shape index (κ1) is 36.0. The number of ether oxygens (including phenoxy) is 3. The molecule has 6 aromatic rings. The highest BCUT2D eigenvalue weighted by atomic mass is 79.9. The molecule has 13 heteroatoms. The molecule has 1 fully saturated rings. The van der Waals surface area contributed by atoms with Crippen molar-refractivity contribution in [2.24, 2.45) is 13.0 Å². The Morgan fingerprint density at radius 2 is 1.79 bits per heavy atom. The highest BCUT2D eigenvalue weighted by molar-refractivity contribution is 9.10. The van der Waals surface area contributed by atoms with Crippen molar-refractivity contribution < 1.29 is 28.6 Å². The molecule has 2 aliphatic rings. The maximum atomic E-state index is 12.5. The van der Waals surface area contributed by atoms with E-state index in [0.717, 1.165) is 23.9 Å². The van der Waals surface area contributed by atoms with Gasteiger partial charge in [0.05, 0.1) is 30.3 Å². The number of amides is 1. The number of imidazole rings is 1. The molecule has 2 N–H and O–H groups in total. The first-order valence-electron chi connectivity index (χ1n) is 17.1. The number of methoxy groups -OCH3 is 2. The van der Waals surface area contributed by atoms with E-state index in [1.54, 1.807) is 42.6 Å². The van der Waals surface area contributed by atoms with Gasteiger partial charge >= 0.3 is 12.1 Å². The minimum Gasteiger partial charge on any atom is -0.462 e. The van der Waals surface area contributed by atoms with Gasteiger partial charge in [-0.25, -0.2) is 14.6 Å². The van der Waals surface area contributed by atoms with Crippen molar-refractivity contribution in [1.29, 1.82) is 0 Å². The fraction of sp³-hybridized carbons (Fsp3) is 0.275. The summed E-state index contributed by atoms with van der Waals surface area (Å²) in [7, 11) is 7.34. The summed E-state index contributed by atoms with van der Waals surface area (Å²) in [4.78, 5) is 49.7. The van der Waals surface area contributed by atoms with Crippen LogP contribution in [0.1, 0.15) is 43.8 Å². The number of pyridine rings is 1. The number of rotatable bonds is 7. The van der Waals surface area contributed by atoms with Gasteiger partial charge < -0.3 is 23.8 Å². The van der Waals surface area contributed by atoms with Gasteiger partial charge in [-0.05, 0) is 77.3 Å². The topological polar surface area (TPSA) is 141 Å². The predicted molar refractivity (Wildman–Crippen MR) is 204 cm³/mol. The van der Waals surface area contributed by atoms with Crippen LogP contribution in [0, 0.1) is 5.92 Å². The molecule has 3 unspecified atom stereocenters. The van der Waals surface area contributed by atoms with Crippen molar-refractivity contribution >= 4 is 61.7 Å². The number of likely N-dealkylation sites (tertiary alicyclic amines) is 1. The second-order valence-corrected chi connectivity index (χ2v) is 14.3. The van der Waals surface area contributed by atoms with E-state index in [-0.39, 0.29) is 29.7 Å². The molecular weight excluding hydrogens is 740 g/mol. The Morgan fingerprint density at radius 3 is 2.55 bits per heavy atom. The number of anilines is 1.